The Morgan fingerprint density at radius 3 is 2.38 bits per heavy atom. The van der Waals surface area contributed by atoms with Crippen LogP contribution in [0.5, 0.6) is 5.75 Å². The van der Waals surface area contributed by atoms with Crippen molar-refractivity contribution >= 4 is 17.1 Å². The molecule has 0 saturated carbocycles. The summed E-state index contributed by atoms with van der Waals surface area (Å²) in [5.41, 5.74) is 4.63. The molecule has 3 nitrogen and oxygen atoms in total. The van der Waals surface area contributed by atoms with Crippen LogP contribution in [0.15, 0.2) is 84.9 Å². The summed E-state index contributed by atoms with van der Waals surface area (Å²) in [6, 6.07) is 26.9. The third-order valence-electron chi connectivity index (χ3n) is 5.05. The van der Waals surface area contributed by atoms with Crippen molar-refractivity contribution in [3.8, 4) is 5.75 Å². The number of benzene rings is 3. The fourth-order valence-electron chi connectivity index (χ4n) is 3.39. The number of nitrogens with zero attached hydrogens (tertiary/aromatic N) is 2. The van der Waals surface area contributed by atoms with E-state index in [9.17, 15) is 0 Å². The van der Waals surface area contributed by atoms with Crippen molar-refractivity contribution in [3.05, 3.63) is 102 Å². The minimum Gasteiger partial charge on any atom is -0.486 e. The summed E-state index contributed by atoms with van der Waals surface area (Å²) < 4.78 is 8.27. The Labute approximate surface area is 172 Å². The molecule has 146 valence electrons. The second-order valence-corrected chi connectivity index (χ2v) is 7.45. The van der Waals surface area contributed by atoms with E-state index in [4.69, 9.17) is 9.72 Å². The Balaban J connectivity index is 1.53. The van der Waals surface area contributed by atoms with Crippen LogP contribution < -0.4 is 4.74 Å². The van der Waals surface area contributed by atoms with Gasteiger partial charge in [-0.25, -0.2) is 4.98 Å². The van der Waals surface area contributed by atoms with Crippen LogP contribution in [0.25, 0.3) is 17.1 Å². The van der Waals surface area contributed by atoms with Crippen LogP contribution in [0.2, 0.25) is 0 Å². The van der Waals surface area contributed by atoms with Crippen LogP contribution in [-0.4, -0.2) is 9.55 Å². The number of fused-ring (bicyclic) bond motifs is 1. The molecule has 29 heavy (non-hydrogen) atoms. The van der Waals surface area contributed by atoms with Gasteiger partial charge in [0, 0.05) is 6.54 Å². The molecule has 0 fully saturated rings. The molecule has 0 aliphatic rings. The van der Waals surface area contributed by atoms with Gasteiger partial charge in [-0.1, -0.05) is 80.6 Å². The van der Waals surface area contributed by atoms with Gasteiger partial charge in [-0.15, -0.1) is 0 Å². The Bertz CT molecular complexity index is 1090. The summed E-state index contributed by atoms with van der Waals surface area (Å²) in [4.78, 5) is 4.80. The summed E-state index contributed by atoms with van der Waals surface area (Å²) in [5, 5.41) is 0. The molecule has 0 amide bonds. The quantitative estimate of drug-likeness (QED) is 0.367. The van der Waals surface area contributed by atoms with Crippen molar-refractivity contribution in [2.45, 2.75) is 32.9 Å². The van der Waals surface area contributed by atoms with Gasteiger partial charge in [0.2, 0.25) is 0 Å². The normalized spacial score (nSPS) is 11.6. The summed E-state index contributed by atoms with van der Waals surface area (Å²) in [7, 11) is 0. The Morgan fingerprint density at radius 1 is 0.897 bits per heavy atom. The highest BCUT2D eigenvalue weighted by Crippen LogP contribution is 2.21. The molecule has 4 rings (SSSR count). The number of aromatic nitrogens is 2. The van der Waals surface area contributed by atoms with Gasteiger partial charge in [-0.3, -0.25) is 0 Å². The number of hydrogen-bond acceptors (Lipinski definition) is 2. The van der Waals surface area contributed by atoms with Gasteiger partial charge in [0.25, 0.3) is 0 Å². The molecular weight excluding hydrogens is 356 g/mol. The molecule has 0 bridgehead atoms. The predicted molar refractivity (Wildman–Crippen MR) is 120 cm³/mol. The topological polar surface area (TPSA) is 27.1 Å². The zero-order chi connectivity index (χ0) is 20.1. The van der Waals surface area contributed by atoms with Crippen molar-refractivity contribution < 1.29 is 4.74 Å². The Kier molecular flexibility index (Phi) is 5.76. The second kappa shape index (κ2) is 8.78. The van der Waals surface area contributed by atoms with Gasteiger partial charge >= 0.3 is 0 Å². The summed E-state index contributed by atoms with van der Waals surface area (Å²) >= 11 is 0. The molecule has 0 spiro atoms. The maximum Gasteiger partial charge on any atom is 0.148 e. The highest BCUT2D eigenvalue weighted by Gasteiger charge is 2.10. The first-order valence-corrected chi connectivity index (χ1v) is 10.1. The highest BCUT2D eigenvalue weighted by atomic mass is 16.5. The number of ether oxygens (including phenoxy) is 1. The first-order chi connectivity index (χ1) is 14.2. The monoisotopic (exact) mass is 382 g/mol. The average Bonchev–Trinajstić information content (AvgIpc) is 3.11. The molecule has 1 heterocycles. The molecule has 0 saturated heterocycles. The maximum atomic E-state index is 6.05. The van der Waals surface area contributed by atoms with Crippen molar-refractivity contribution in [2.24, 2.45) is 0 Å². The molecule has 4 aromatic rings. The standard InChI is InChI=1S/C26H26N2O/c1-20(2)22-14-16-23(17-15-22)29-19-26-27-24-12-6-7-13-25(24)28(26)18-8-11-21-9-4-3-5-10-21/h3-17,20H,18-19H2,1-2H3/b11-8+. The lowest BCUT2D eigenvalue weighted by molar-refractivity contribution is 0.291. The minimum atomic E-state index is 0.439. The smallest absolute Gasteiger partial charge is 0.148 e. The third kappa shape index (κ3) is 4.57. The van der Waals surface area contributed by atoms with E-state index in [-0.39, 0.29) is 0 Å². The van der Waals surface area contributed by atoms with Crippen LogP contribution in [0.3, 0.4) is 0 Å². The van der Waals surface area contributed by atoms with E-state index in [1.165, 1.54) is 11.1 Å². The minimum absolute atomic E-state index is 0.439. The summed E-state index contributed by atoms with van der Waals surface area (Å²) in [6.07, 6.45) is 4.31. The molecule has 0 radical (unpaired) electrons. The van der Waals surface area contributed by atoms with E-state index in [0.29, 0.717) is 12.5 Å². The van der Waals surface area contributed by atoms with Crippen molar-refractivity contribution in [1.29, 1.82) is 0 Å². The van der Waals surface area contributed by atoms with Gasteiger partial charge in [-0.05, 0) is 41.3 Å². The van der Waals surface area contributed by atoms with Crippen LogP contribution in [-0.2, 0) is 13.2 Å². The van der Waals surface area contributed by atoms with Crippen LogP contribution >= 0.6 is 0 Å². The van der Waals surface area contributed by atoms with E-state index in [1.54, 1.807) is 0 Å². The predicted octanol–water partition coefficient (Wildman–Crippen LogP) is 6.45. The zero-order valence-corrected chi connectivity index (χ0v) is 17.0. The lowest BCUT2D eigenvalue weighted by atomic mass is 10.0. The van der Waals surface area contributed by atoms with Crippen LogP contribution in [0.1, 0.15) is 36.7 Å². The largest absolute Gasteiger partial charge is 0.486 e. The van der Waals surface area contributed by atoms with Crippen LogP contribution in [0, 0.1) is 0 Å². The molecule has 3 aromatic carbocycles. The van der Waals surface area contributed by atoms with Crippen molar-refractivity contribution in [2.75, 3.05) is 0 Å². The van der Waals surface area contributed by atoms with E-state index >= 15 is 0 Å². The van der Waals surface area contributed by atoms with E-state index in [0.717, 1.165) is 29.2 Å². The van der Waals surface area contributed by atoms with E-state index in [1.807, 2.05) is 30.3 Å². The third-order valence-corrected chi connectivity index (χ3v) is 5.05. The van der Waals surface area contributed by atoms with Crippen molar-refractivity contribution in [3.63, 3.8) is 0 Å². The summed E-state index contributed by atoms with van der Waals surface area (Å²) in [6.45, 7) is 5.58. The average molecular weight is 383 g/mol. The van der Waals surface area contributed by atoms with E-state index < -0.39 is 0 Å². The second-order valence-electron chi connectivity index (χ2n) is 7.45. The van der Waals surface area contributed by atoms with Gasteiger partial charge < -0.3 is 9.30 Å². The number of rotatable bonds is 7. The Hall–Kier alpha value is -3.33. The number of hydrogen-bond donors (Lipinski definition) is 0. The SMILES string of the molecule is CC(C)c1ccc(OCc2nc3ccccc3n2C/C=C/c2ccccc2)cc1. The molecule has 0 atom stereocenters. The van der Waals surface area contributed by atoms with Gasteiger partial charge in [0.05, 0.1) is 11.0 Å². The molecule has 3 heteroatoms. The molecule has 0 unspecified atom stereocenters. The first kappa shape index (κ1) is 19.0. The lowest BCUT2D eigenvalue weighted by Gasteiger charge is -2.10. The maximum absolute atomic E-state index is 6.05. The molecule has 1 aromatic heterocycles. The highest BCUT2D eigenvalue weighted by molar-refractivity contribution is 5.76. The van der Waals surface area contributed by atoms with Crippen LogP contribution in [0.4, 0.5) is 0 Å². The fourth-order valence-corrected chi connectivity index (χ4v) is 3.39. The number of imidazole rings is 1. The summed E-state index contributed by atoms with van der Waals surface area (Å²) in [5.74, 6) is 2.31. The Morgan fingerprint density at radius 2 is 1.62 bits per heavy atom. The fraction of sp³-hybridized carbons (Fsp3) is 0.192. The molecular formula is C26H26N2O. The van der Waals surface area contributed by atoms with Gasteiger partial charge in [0.1, 0.15) is 18.2 Å². The van der Waals surface area contributed by atoms with E-state index in [2.05, 4.69) is 79.1 Å². The number of allylic oxidation sites excluding steroid dienone is 1. The van der Waals surface area contributed by atoms with Crippen molar-refractivity contribution in [1.82, 2.24) is 9.55 Å². The lowest BCUT2D eigenvalue weighted by Crippen LogP contribution is -2.06. The molecule has 0 aliphatic carbocycles. The number of para-hydroxylation sites is 2. The molecule has 0 N–H and O–H groups in total. The molecule has 0 aliphatic heterocycles. The first-order valence-electron chi connectivity index (χ1n) is 10.1. The van der Waals surface area contributed by atoms with Gasteiger partial charge in [0.15, 0.2) is 0 Å². The zero-order valence-electron chi connectivity index (χ0n) is 17.0. The van der Waals surface area contributed by atoms with Gasteiger partial charge in [-0.2, -0.15) is 0 Å².